The number of ether oxygens (including phenoxy) is 1. The number of alkyl halides is 6. The molecular weight excluding hydrogens is 414 g/mol. The van der Waals surface area contributed by atoms with Crippen LogP contribution in [0.1, 0.15) is 24.0 Å². The molecule has 160 valence electrons. The van der Waals surface area contributed by atoms with Gasteiger partial charge in [0.05, 0.1) is 16.8 Å². The van der Waals surface area contributed by atoms with E-state index in [4.69, 9.17) is 4.74 Å². The van der Waals surface area contributed by atoms with Gasteiger partial charge in [0.25, 0.3) is 0 Å². The van der Waals surface area contributed by atoms with Gasteiger partial charge in [-0.1, -0.05) is 0 Å². The molecule has 3 heterocycles. The van der Waals surface area contributed by atoms with Crippen LogP contribution in [0.2, 0.25) is 0 Å². The predicted molar refractivity (Wildman–Crippen MR) is 95.9 cm³/mol. The molecule has 1 aromatic carbocycles. The Bertz CT molecular complexity index is 1020. The summed E-state index contributed by atoms with van der Waals surface area (Å²) in [7, 11) is 0. The Hall–Kier alpha value is -2.82. The first kappa shape index (κ1) is 20.5. The van der Waals surface area contributed by atoms with Crippen LogP contribution in [0.3, 0.4) is 0 Å². The Labute approximate surface area is 166 Å². The Morgan fingerprint density at radius 3 is 2.20 bits per heavy atom. The Balaban J connectivity index is 1.82. The van der Waals surface area contributed by atoms with Crippen molar-refractivity contribution in [2.45, 2.75) is 31.2 Å². The Morgan fingerprint density at radius 1 is 0.967 bits per heavy atom. The lowest BCUT2D eigenvalue weighted by molar-refractivity contribution is -0.143. The first-order valence-corrected chi connectivity index (χ1v) is 9.09. The summed E-state index contributed by atoms with van der Waals surface area (Å²) in [4.78, 5) is 8.49. The number of hydrogen-bond acceptors (Lipinski definition) is 4. The molecule has 11 heteroatoms. The highest BCUT2D eigenvalue weighted by Crippen LogP contribution is 2.38. The quantitative estimate of drug-likeness (QED) is 0.593. The average molecular weight is 430 g/mol. The number of benzene rings is 1. The van der Waals surface area contributed by atoms with Gasteiger partial charge in [-0.05, 0) is 31.0 Å². The number of hydrogen-bond donors (Lipinski definition) is 1. The van der Waals surface area contributed by atoms with Gasteiger partial charge < -0.3 is 14.5 Å². The number of halogens is 6. The lowest BCUT2D eigenvalue weighted by Gasteiger charge is -2.24. The normalized spacial score (nSPS) is 16.2. The Morgan fingerprint density at radius 2 is 1.60 bits per heavy atom. The first-order chi connectivity index (χ1) is 14.1. The third-order valence-corrected chi connectivity index (χ3v) is 4.82. The zero-order valence-corrected chi connectivity index (χ0v) is 15.4. The molecule has 0 amide bonds. The Kier molecular flexibility index (Phi) is 5.08. The molecule has 0 saturated carbocycles. The van der Waals surface area contributed by atoms with Crippen molar-refractivity contribution in [3.8, 4) is 11.3 Å². The molecule has 0 spiro atoms. The van der Waals surface area contributed by atoms with Crippen molar-refractivity contribution in [2.24, 2.45) is 0 Å². The van der Waals surface area contributed by atoms with Crippen LogP contribution in [0.4, 0.5) is 32.2 Å². The minimum atomic E-state index is -4.93. The fourth-order valence-corrected chi connectivity index (χ4v) is 3.31. The summed E-state index contributed by atoms with van der Waals surface area (Å²) in [6.45, 7) is 1.09. The van der Waals surface area contributed by atoms with Gasteiger partial charge >= 0.3 is 12.4 Å². The molecule has 3 aromatic rings. The van der Waals surface area contributed by atoms with Gasteiger partial charge in [0.2, 0.25) is 0 Å². The lowest BCUT2D eigenvalue weighted by Crippen LogP contribution is -2.28. The molecule has 0 atom stereocenters. The van der Waals surface area contributed by atoms with E-state index in [0.717, 1.165) is 0 Å². The van der Waals surface area contributed by atoms with E-state index in [2.05, 4.69) is 15.3 Å². The van der Waals surface area contributed by atoms with Crippen molar-refractivity contribution in [3.05, 3.63) is 47.9 Å². The van der Waals surface area contributed by atoms with Crippen LogP contribution in [-0.4, -0.2) is 33.6 Å². The number of fused-ring (bicyclic) bond motifs is 1. The molecule has 0 unspecified atom stereocenters. The molecule has 0 radical (unpaired) electrons. The molecule has 1 aliphatic rings. The maximum atomic E-state index is 13.2. The van der Waals surface area contributed by atoms with Crippen LogP contribution in [0.15, 0.2) is 36.8 Å². The van der Waals surface area contributed by atoms with E-state index >= 15 is 0 Å². The van der Waals surface area contributed by atoms with Crippen molar-refractivity contribution < 1.29 is 31.1 Å². The summed E-state index contributed by atoms with van der Waals surface area (Å²) < 4.78 is 86.1. The molecule has 4 rings (SSSR count). The van der Waals surface area contributed by atoms with Crippen LogP contribution < -0.4 is 5.32 Å². The summed E-state index contributed by atoms with van der Waals surface area (Å²) in [5, 5.41) is 3.19. The van der Waals surface area contributed by atoms with Gasteiger partial charge in [-0.15, -0.1) is 0 Å². The van der Waals surface area contributed by atoms with Gasteiger partial charge in [0.1, 0.15) is 0 Å². The smallest absolute Gasteiger partial charge is 0.381 e. The summed E-state index contributed by atoms with van der Waals surface area (Å²) in [6, 6.07) is 1.44. The number of nitrogens with one attached hydrogen (secondary N) is 1. The van der Waals surface area contributed by atoms with E-state index in [1.165, 1.54) is 16.8 Å². The van der Waals surface area contributed by atoms with Crippen molar-refractivity contribution >= 4 is 11.5 Å². The highest BCUT2D eigenvalue weighted by atomic mass is 19.4. The summed E-state index contributed by atoms with van der Waals surface area (Å²) in [5.74, 6) is 0.287. The molecule has 5 nitrogen and oxygen atoms in total. The van der Waals surface area contributed by atoms with E-state index < -0.39 is 23.5 Å². The number of aromatic nitrogens is 3. The molecule has 1 N–H and O–H groups in total. The van der Waals surface area contributed by atoms with Crippen LogP contribution in [-0.2, 0) is 17.1 Å². The SMILES string of the molecule is FC(F)(F)c1cc(-c2cn3ccnc3c(NC3CCOCC3)n2)cc(C(F)(F)F)c1. The van der Waals surface area contributed by atoms with Crippen LogP contribution in [0.25, 0.3) is 16.9 Å². The minimum absolute atomic E-state index is 0.00856. The summed E-state index contributed by atoms with van der Waals surface area (Å²) in [5.41, 5.74) is -2.68. The molecule has 0 aliphatic carbocycles. The number of imidazole rings is 1. The third kappa shape index (κ3) is 4.20. The maximum absolute atomic E-state index is 13.2. The van der Waals surface area contributed by atoms with Crippen LogP contribution >= 0.6 is 0 Å². The zero-order valence-electron chi connectivity index (χ0n) is 15.4. The minimum Gasteiger partial charge on any atom is -0.381 e. The fraction of sp³-hybridized carbons (Fsp3) is 0.368. The number of rotatable bonds is 3. The fourth-order valence-electron chi connectivity index (χ4n) is 3.31. The molecule has 0 bridgehead atoms. The van der Waals surface area contributed by atoms with Crippen molar-refractivity contribution in [2.75, 3.05) is 18.5 Å². The van der Waals surface area contributed by atoms with Crippen molar-refractivity contribution in [3.63, 3.8) is 0 Å². The second-order valence-electron chi connectivity index (χ2n) is 6.96. The van der Waals surface area contributed by atoms with Gasteiger partial charge in [-0.2, -0.15) is 26.3 Å². The van der Waals surface area contributed by atoms with E-state index in [9.17, 15) is 26.3 Å². The van der Waals surface area contributed by atoms with Crippen molar-refractivity contribution in [1.82, 2.24) is 14.4 Å². The van der Waals surface area contributed by atoms with Gasteiger partial charge in [0, 0.05) is 43.4 Å². The van der Waals surface area contributed by atoms with Gasteiger partial charge in [-0.3, -0.25) is 0 Å². The second-order valence-corrected chi connectivity index (χ2v) is 6.96. The largest absolute Gasteiger partial charge is 0.416 e. The number of anilines is 1. The molecule has 2 aromatic heterocycles. The van der Waals surface area contributed by atoms with Gasteiger partial charge in [-0.25, -0.2) is 9.97 Å². The molecule has 1 saturated heterocycles. The summed E-state index contributed by atoms with van der Waals surface area (Å²) >= 11 is 0. The predicted octanol–water partition coefficient (Wildman–Crippen LogP) is 5.02. The zero-order chi connectivity index (χ0) is 21.5. The monoisotopic (exact) mass is 430 g/mol. The molecule has 30 heavy (non-hydrogen) atoms. The highest BCUT2D eigenvalue weighted by Gasteiger charge is 2.37. The highest BCUT2D eigenvalue weighted by molar-refractivity contribution is 5.70. The van der Waals surface area contributed by atoms with Crippen LogP contribution in [0.5, 0.6) is 0 Å². The van der Waals surface area contributed by atoms with E-state index in [1.54, 1.807) is 6.20 Å². The summed E-state index contributed by atoms with van der Waals surface area (Å²) in [6.07, 6.45) is -4.10. The second kappa shape index (κ2) is 7.46. The standard InChI is InChI=1S/C19H16F6N4O/c20-18(21,22)12-7-11(8-13(9-12)19(23,24)25)15-10-29-4-3-26-17(29)16(28-15)27-14-1-5-30-6-2-14/h3-4,7-10,14H,1-2,5-6H2,(H,27,28). The van der Waals surface area contributed by atoms with Gasteiger partial charge in [0.15, 0.2) is 11.5 Å². The average Bonchev–Trinajstić information content (AvgIpc) is 3.16. The molecule has 1 fully saturated rings. The van der Waals surface area contributed by atoms with Crippen LogP contribution in [0, 0.1) is 0 Å². The third-order valence-electron chi connectivity index (χ3n) is 4.82. The van der Waals surface area contributed by atoms with E-state index in [1.807, 2.05) is 0 Å². The number of nitrogens with zero attached hydrogens (tertiary/aromatic N) is 3. The molecular formula is C19H16F6N4O. The van der Waals surface area contributed by atoms with Crippen molar-refractivity contribution in [1.29, 1.82) is 0 Å². The molecule has 1 aliphatic heterocycles. The van der Waals surface area contributed by atoms with E-state index in [0.29, 0.717) is 43.8 Å². The topological polar surface area (TPSA) is 51.5 Å². The maximum Gasteiger partial charge on any atom is 0.416 e. The van der Waals surface area contributed by atoms with E-state index in [-0.39, 0.29) is 29.2 Å². The first-order valence-electron chi connectivity index (χ1n) is 9.09. The lowest BCUT2D eigenvalue weighted by atomic mass is 10.0.